The van der Waals surface area contributed by atoms with Crippen LogP contribution in [0.3, 0.4) is 0 Å². The number of aliphatic hydroxyl groups is 1. The molecule has 3 unspecified atom stereocenters. The minimum absolute atomic E-state index is 0.160. The molecular weight excluding hydrogens is 224 g/mol. The summed E-state index contributed by atoms with van der Waals surface area (Å²) in [5.74, 6) is 0.526. The van der Waals surface area contributed by atoms with Crippen LogP contribution in [-0.4, -0.2) is 41.3 Å². The van der Waals surface area contributed by atoms with Gasteiger partial charge in [0.15, 0.2) is 0 Å². The summed E-state index contributed by atoms with van der Waals surface area (Å²) in [5.41, 5.74) is 6.03. The van der Waals surface area contributed by atoms with E-state index in [0.29, 0.717) is 5.92 Å². The van der Waals surface area contributed by atoms with Crippen molar-refractivity contribution in [3.63, 3.8) is 0 Å². The minimum atomic E-state index is -0.283. The van der Waals surface area contributed by atoms with E-state index in [4.69, 9.17) is 5.73 Å². The van der Waals surface area contributed by atoms with Gasteiger partial charge >= 0.3 is 0 Å². The fourth-order valence-corrected chi connectivity index (χ4v) is 3.80. The van der Waals surface area contributed by atoms with Gasteiger partial charge in [-0.1, -0.05) is 19.3 Å². The van der Waals surface area contributed by atoms with Gasteiger partial charge in [0.25, 0.3) is 0 Å². The molecule has 2 rings (SSSR count). The summed E-state index contributed by atoms with van der Waals surface area (Å²) < 4.78 is 0. The Kier molecular flexibility index (Phi) is 5.05. The van der Waals surface area contributed by atoms with Crippen LogP contribution < -0.4 is 5.73 Å². The van der Waals surface area contributed by atoms with E-state index in [0.717, 1.165) is 12.5 Å². The fourth-order valence-electron chi connectivity index (χ4n) is 3.80. The maximum Gasteiger partial charge on any atom is 0.0613 e. The first-order valence-corrected chi connectivity index (χ1v) is 7.79. The van der Waals surface area contributed by atoms with Gasteiger partial charge in [-0.15, -0.1) is 0 Å². The molecule has 18 heavy (non-hydrogen) atoms. The van der Waals surface area contributed by atoms with E-state index in [1.165, 1.54) is 58.0 Å². The molecule has 2 fully saturated rings. The Morgan fingerprint density at radius 1 is 1.22 bits per heavy atom. The topological polar surface area (TPSA) is 49.5 Å². The summed E-state index contributed by atoms with van der Waals surface area (Å²) >= 11 is 0. The third kappa shape index (κ3) is 3.25. The SMILES string of the molecule is CC1CCCCCN1CCC1CCCC1(N)CO. The van der Waals surface area contributed by atoms with Crippen LogP contribution in [-0.2, 0) is 0 Å². The number of nitrogens with two attached hydrogens (primary N) is 1. The molecule has 3 atom stereocenters. The lowest BCUT2D eigenvalue weighted by Gasteiger charge is -2.33. The average Bonchev–Trinajstić information content (AvgIpc) is 2.61. The zero-order valence-electron chi connectivity index (χ0n) is 11.9. The number of aliphatic hydroxyl groups excluding tert-OH is 1. The number of likely N-dealkylation sites (tertiary alicyclic amines) is 1. The van der Waals surface area contributed by atoms with Crippen molar-refractivity contribution in [2.45, 2.75) is 69.9 Å². The first-order chi connectivity index (χ1) is 8.65. The van der Waals surface area contributed by atoms with E-state index in [-0.39, 0.29) is 12.1 Å². The normalized spacial score (nSPS) is 38.8. The molecule has 106 valence electrons. The Morgan fingerprint density at radius 3 is 2.83 bits per heavy atom. The van der Waals surface area contributed by atoms with E-state index >= 15 is 0 Å². The third-order valence-corrected chi connectivity index (χ3v) is 5.26. The van der Waals surface area contributed by atoms with Crippen LogP contribution in [0.5, 0.6) is 0 Å². The van der Waals surface area contributed by atoms with Gasteiger partial charge in [0, 0.05) is 11.6 Å². The highest BCUT2D eigenvalue weighted by molar-refractivity contribution is 4.96. The summed E-state index contributed by atoms with van der Waals surface area (Å²) in [6, 6.07) is 0.732. The van der Waals surface area contributed by atoms with E-state index < -0.39 is 0 Å². The second-order valence-corrected chi connectivity index (χ2v) is 6.50. The standard InChI is InChI=1S/C15H30N2O/c1-13-6-3-2-4-10-17(13)11-8-14-7-5-9-15(14,16)12-18/h13-14,18H,2-12,16H2,1H3. The van der Waals surface area contributed by atoms with Crippen LogP contribution in [0.1, 0.15) is 58.3 Å². The highest BCUT2D eigenvalue weighted by atomic mass is 16.3. The Labute approximate surface area is 112 Å². The van der Waals surface area contributed by atoms with Crippen LogP contribution in [0.2, 0.25) is 0 Å². The van der Waals surface area contributed by atoms with Crippen LogP contribution in [0.15, 0.2) is 0 Å². The van der Waals surface area contributed by atoms with Crippen molar-refractivity contribution in [2.75, 3.05) is 19.7 Å². The lowest BCUT2D eigenvalue weighted by Crippen LogP contribution is -2.48. The van der Waals surface area contributed by atoms with Crippen molar-refractivity contribution in [1.82, 2.24) is 4.90 Å². The van der Waals surface area contributed by atoms with Gasteiger partial charge in [-0.3, -0.25) is 0 Å². The molecule has 0 aromatic heterocycles. The van der Waals surface area contributed by atoms with Gasteiger partial charge in [0.05, 0.1) is 6.61 Å². The van der Waals surface area contributed by atoms with Gasteiger partial charge in [-0.25, -0.2) is 0 Å². The van der Waals surface area contributed by atoms with Crippen LogP contribution >= 0.6 is 0 Å². The maximum absolute atomic E-state index is 9.49. The lowest BCUT2D eigenvalue weighted by atomic mass is 9.86. The van der Waals surface area contributed by atoms with Gasteiger partial charge in [0.2, 0.25) is 0 Å². The first kappa shape index (κ1) is 14.3. The Morgan fingerprint density at radius 2 is 2.06 bits per heavy atom. The zero-order chi connectivity index (χ0) is 13.0. The number of hydrogen-bond acceptors (Lipinski definition) is 3. The second-order valence-electron chi connectivity index (χ2n) is 6.50. The molecule has 0 aromatic rings. The molecule has 1 saturated heterocycles. The first-order valence-electron chi connectivity index (χ1n) is 7.79. The second kappa shape index (κ2) is 6.36. The van der Waals surface area contributed by atoms with Crippen molar-refractivity contribution in [3.8, 4) is 0 Å². The van der Waals surface area contributed by atoms with Crippen molar-refractivity contribution in [1.29, 1.82) is 0 Å². The molecule has 0 amide bonds. The number of nitrogens with zero attached hydrogens (tertiary/aromatic N) is 1. The molecule has 1 aliphatic carbocycles. The van der Waals surface area contributed by atoms with Crippen LogP contribution in [0.25, 0.3) is 0 Å². The molecule has 2 aliphatic rings. The Bertz CT molecular complexity index is 259. The highest BCUT2D eigenvalue weighted by Gasteiger charge is 2.38. The van der Waals surface area contributed by atoms with E-state index in [9.17, 15) is 5.11 Å². The lowest BCUT2D eigenvalue weighted by molar-refractivity contribution is 0.135. The summed E-state index contributed by atoms with van der Waals surface area (Å²) in [5, 5.41) is 9.49. The highest BCUT2D eigenvalue weighted by Crippen LogP contribution is 2.36. The van der Waals surface area contributed by atoms with Crippen molar-refractivity contribution >= 4 is 0 Å². The fraction of sp³-hybridized carbons (Fsp3) is 1.00. The molecule has 3 nitrogen and oxygen atoms in total. The van der Waals surface area contributed by atoms with Gasteiger partial charge < -0.3 is 15.7 Å². The number of hydrogen-bond donors (Lipinski definition) is 2. The zero-order valence-corrected chi connectivity index (χ0v) is 11.9. The van der Waals surface area contributed by atoms with Crippen molar-refractivity contribution < 1.29 is 5.11 Å². The van der Waals surface area contributed by atoms with Crippen molar-refractivity contribution in [2.24, 2.45) is 11.7 Å². The van der Waals surface area contributed by atoms with E-state index in [1.54, 1.807) is 0 Å². The average molecular weight is 254 g/mol. The van der Waals surface area contributed by atoms with Crippen LogP contribution in [0.4, 0.5) is 0 Å². The molecule has 1 heterocycles. The number of rotatable bonds is 4. The van der Waals surface area contributed by atoms with Gasteiger partial charge in [0.1, 0.15) is 0 Å². The molecule has 0 spiro atoms. The predicted octanol–water partition coefficient (Wildman–Crippen LogP) is 2.13. The van der Waals surface area contributed by atoms with E-state index in [1.807, 2.05) is 0 Å². The summed E-state index contributed by atoms with van der Waals surface area (Å²) in [4.78, 5) is 2.64. The monoisotopic (exact) mass is 254 g/mol. The maximum atomic E-state index is 9.49. The summed E-state index contributed by atoms with van der Waals surface area (Å²) in [6.45, 7) is 4.95. The largest absolute Gasteiger partial charge is 0.394 e. The Hall–Kier alpha value is -0.120. The predicted molar refractivity (Wildman–Crippen MR) is 75.5 cm³/mol. The molecule has 0 aromatic carbocycles. The molecular formula is C15H30N2O. The quantitative estimate of drug-likeness (QED) is 0.808. The van der Waals surface area contributed by atoms with E-state index in [2.05, 4.69) is 11.8 Å². The molecule has 0 radical (unpaired) electrons. The van der Waals surface area contributed by atoms with Gasteiger partial charge in [-0.2, -0.15) is 0 Å². The summed E-state index contributed by atoms with van der Waals surface area (Å²) in [7, 11) is 0. The minimum Gasteiger partial charge on any atom is -0.394 e. The molecule has 3 heteroatoms. The Balaban J connectivity index is 1.83. The van der Waals surface area contributed by atoms with Crippen LogP contribution in [0, 0.1) is 5.92 Å². The molecule has 1 aliphatic heterocycles. The smallest absolute Gasteiger partial charge is 0.0613 e. The third-order valence-electron chi connectivity index (χ3n) is 5.26. The molecule has 3 N–H and O–H groups in total. The summed E-state index contributed by atoms with van der Waals surface area (Å²) in [6.07, 6.45) is 10.0. The van der Waals surface area contributed by atoms with Gasteiger partial charge in [-0.05, 0) is 58.0 Å². The molecule has 1 saturated carbocycles. The van der Waals surface area contributed by atoms with Crippen molar-refractivity contribution in [3.05, 3.63) is 0 Å². The molecule has 0 bridgehead atoms.